The fraction of sp³-hybridized carbons (Fsp3) is 0.556. The Morgan fingerprint density at radius 2 is 1.87 bits per heavy atom. The number of aromatic hydroxyl groups is 1. The average Bonchev–Trinajstić information content (AvgIpc) is 2.97. The largest absolute Gasteiger partial charge is 0.508 e. The molecule has 2 aromatic rings. The number of fused-ring (bicyclic) bond motifs is 5. The van der Waals surface area contributed by atoms with E-state index in [1.54, 1.807) is 6.07 Å². The summed E-state index contributed by atoms with van der Waals surface area (Å²) < 4.78 is 16.0. The van der Waals surface area contributed by atoms with Crippen molar-refractivity contribution in [2.75, 3.05) is 0 Å². The Balaban J connectivity index is 1.69. The van der Waals surface area contributed by atoms with E-state index >= 15 is 4.39 Å². The Bertz CT molecular complexity index is 912. The minimum Gasteiger partial charge on any atom is -0.508 e. The number of aliphatic hydroxyl groups is 1. The summed E-state index contributed by atoms with van der Waals surface area (Å²) in [5.74, 6) is 1.03. The van der Waals surface area contributed by atoms with Crippen LogP contribution < -0.4 is 0 Å². The molecule has 0 saturated heterocycles. The van der Waals surface area contributed by atoms with Gasteiger partial charge >= 0.3 is 0 Å². The van der Waals surface area contributed by atoms with Gasteiger partial charge in [-0.3, -0.25) is 0 Å². The van der Waals surface area contributed by atoms with Crippen LogP contribution in [0.2, 0.25) is 0 Å². The fourth-order valence-electron chi connectivity index (χ4n) is 7.64. The highest BCUT2D eigenvalue weighted by Crippen LogP contribution is 2.66. The molecule has 2 nitrogen and oxygen atoms in total. The summed E-state index contributed by atoms with van der Waals surface area (Å²) >= 11 is 0. The number of phenolic OH excluding ortho intramolecular Hbond substituents is 1. The first-order valence-electron chi connectivity index (χ1n) is 11.6. The van der Waals surface area contributed by atoms with Gasteiger partial charge in [-0.15, -0.1) is 0 Å². The minimum absolute atomic E-state index is 0.151. The summed E-state index contributed by atoms with van der Waals surface area (Å²) in [4.78, 5) is 0. The van der Waals surface area contributed by atoms with Gasteiger partial charge < -0.3 is 10.2 Å². The number of rotatable bonds is 3. The van der Waals surface area contributed by atoms with Gasteiger partial charge in [-0.2, -0.15) is 0 Å². The zero-order chi connectivity index (χ0) is 21.0. The van der Waals surface area contributed by atoms with Crippen LogP contribution in [0.15, 0.2) is 48.5 Å². The van der Waals surface area contributed by atoms with Gasteiger partial charge in [0.1, 0.15) is 11.9 Å². The predicted molar refractivity (Wildman–Crippen MR) is 117 cm³/mol. The summed E-state index contributed by atoms with van der Waals surface area (Å²) in [5.41, 5.74) is 3.27. The Labute approximate surface area is 179 Å². The smallest absolute Gasteiger partial charge is 0.115 e. The molecule has 8 atom stereocenters. The van der Waals surface area contributed by atoms with E-state index in [1.165, 1.54) is 5.56 Å². The van der Waals surface area contributed by atoms with E-state index in [9.17, 15) is 10.2 Å². The number of hydrogen-bond acceptors (Lipinski definition) is 2. The molecule has 3 aliphatic rings. The molecular weight excluding hydrogens is 375 g/mol. The van der Waals surface area contributed by atoms with Crippen LogP contribution in [0.4, 0.5) is 4.39 Å². The summed E-state index contributed by atoms with van der Waals surface area (Å²) in [6, 6.07) is 16.0. The lowest BCUT2D eigenvalue weighted by Crippen LogP contribution is -2.50. The van der Waals surface area contributed by atoms with E-state index < -0.39 is 6.17 Å². The number of benzene rings is 2. The van der Waals surface area contributed by atoms with Crippen LogP contribution in [0.3, 0.4) is 0 Å². The van der Waals surface area contributed by atoms with Gasteiger partial charge in [0.2, 0.25) is 0 Å². The van der Waals surface area contributed by atoms with Crippen LogP contribution in [0.5, 0.6) is 5.75 Å². The molecule has 0 bridgehead atoms. The van der Waals surface area contributed by atoms with Gasteiger partial charge in [0.25, 0.3) is 0 Å². The maximum atomic E-state index is 16.0. The first kappa shape index (κ1) is 20.1. The molecule has 0 aliphatic heterocycles. The van der Waals surface area contributed by atoms with E-state index in [-0.39, 0.29) is 40.9 Å². The van der Waals surface area contributed by atoms with Crippen molar-refractivity contribution >= 4 is 0 Å². The molecule has 0 unspecified atom stereocenters. The maximum absolute atomic E-state index is 16.0. The number of hydrogen-bond donors (Lipinski definition) is 2. The molecular formula is C27H33FO2. The van der Waals surface area contributed by atoms with Gasteiger partial charge in [-0.25, -0.2) is 4.39 Å². The lowest BCUT2D eigenvalue weighted by molar-refractivity contribution is -0.0285. The molecule has 3 aliphatic carbocycles. The second-order valence-electron chi connectivity index (χ2n) is 10.3. The summed E-state index contributed by atoms with van der Waals surface area (Å²) in [5, 5.41) is 21.1. The van der Waals surface area contributed by atoms with Crippen LogP contribution in [0.25, 0.3) is 0 Å². The Kier molecular flexibility index (Phi) is 4.93. The minimum atomic E-state index is -0.918. The van der Waals surface area contributed by atoms with Gasteiger partial charge in [0.15, 0.2) is 0 Å². The van der Waals surface area contributed by atoms with Crippen molar-refractivity contribution < 1.29 is 14.6 Å². The van der Waals surface area contributed by atoms with Crippen LogP contribution in [0, 0.1) is 23.2 Å². The second kappa shape index (κ2) is 7.37. The molecule has 0 aromatic heterocycles. The fourth-order valence-corrected chi connectivity index (χ4v) is 7.64. The Hall–Kier alpha value is -1.87. The monoisotopic (exact) mass is 408 g/mol. The molecule has 2 fully saturated rings. The molecule has 0 heterocycles. The third-order valence-electron chi connectivity index (χ3n) is 8.56. The van der Waals surface area contributed by atoms with Crippen molar-refractivity contribution in [3.8, 4) is 5.75 Å². The third kappa shape index (κ3) is 3.00. The maximum Gasteiger partial charge on any atom is 0.115 e. The highest BCUT2D eigenvalue weighted by atomic mass is 19.1. The molecule has 160 valence electrons. The topological polar surface area (TPSA) is 40.5 Å². The molecule has 0 radical (unpaired) electrons. The standard InChI is InChI=1S/C27H33FO2/c1-3-7-20-23(30)15-27(2)14-22(28)24-19-11-10-18(29)12-17(19)13-21(25(24)26(20)27)16-8-5-4-6-9-16/h4-6,8-12,20-26,29-30H,3,7,13-15H2,1-2H3/t20-,21+,22+,23-,24+,25-,26+,27-/m1/s1. The molecule has 2 N–H and O–H groups in total. The third-order valence-corrected chi connectivity index (χ3v) is 8.56. The quantitative estimate of drug-likeness (QED) is 0.656. The van der Waals surface area contributed by atoms with Crippen molar-refractivity contribution in [2.24, 2.45) is 23.2 Å². The second-order valence-corrected chi connectivity index (χ2v) is 10.3. The highest BCUT2D eigenvalue weighted by molar-refractivity contribution is 5.44. The van der Waals surface area contributed by atoms with Crippen LogP contribution in [0.1, 0.15) is 68.1 Å². The van der Waals surface area contributed by atoms with E-state index in [1.807, 2.05) is 18.2 Å². The normalized spacial score (nSPS) is 39.8. The number of phenols is 1. The molecule has 0 amide bonds. The lowest BCUT2D eigenvalue weighted by atomic mass is 9.50. The zero-order valence-electron chi connectivity index (χ0n) is 18.0. The van der Waals surface area contributed by atoms with Gasteiger partial charge in [0, 0.05) is 5.92 Å². The van der Waals surface area contributed by atoms with E-state index in [4.69, 9.17) is 0 Å². The van der Waals surface area contributed by atoms with Crippen LogP contribution >= 0.6 is 0 Å². The Morgan fingerprint density at radius 1 is 1.10 bits per heavy atom. The highest BCUT2D eigenvalue weighted by Gasteiger charge is 2.62. The average molecular weight is 409 g/mol. The molecule has 3 heteroatoms. The van der Waals surface area contributed by atoms with Crippen molar-refractivity contribution in [1.82, 2.24) is 0 Å². The van der Waals surface area contributed by atoms with E-state index in [2.05, 4.69) is 38.1 Å². The SMILES string of the molecule is CCC[C@H]1[C@H]2[C@H]3[C@@H](c4ccc(O)cc4C[C@H]3c3ccccc3)[C@@H](F)C[C@]2(C)C[C@H]1O. The first-order chi connectivity index (χ1) is 14.4. The first-order valence-corrected chi connectivity index (χ1v) is 11.6. The lowest BCUT2D eigenvalue weighted by Gasteiger charge is -2.55. The molecule has 2 aromatic carbocycles. The van der Waals surface area contributed by atoms with Gasteiger partial charge in [-0.05, 0) is 83.6 Å². The van der Waals surface area contributed by atoms with Crippen molar-refractivity contribution in [1.29, 1.82) is 0 Å². The number of halogens is 1. The van der Waals surface area contributed by atoms with Gasteiger partial charge in [-0.1, -0.05) is 56.7 Å². The van der Waals surface area contributed by atoms with Crippen LogP contribution in [-0.4, -0.2) is 22.5 Å². The van der Waals surface area contributed by atoms with Crippen LogP contribution in [-0.2, 0) is 6.42 Å². The van der Waals surface area contributed by atoms with Gasteiger partial charge in [0.05, 0.1) is 6.10 Å². The summed E-state index contributed by atoms with van der Waals surface area (Å²) in [6.45, 7) is 4.42. The van der Waals surface area contributed by atoms with Crippen molar-refractivity contribution in [3.05, 3.63) is 65.2 Å². The zero-order valence-corrected chi connectivity index (χ0v) is 18.0. The van der Waals surface area contributed by atoms with E-state index in [0.717, 1.165) is 36.8 Å². The number of aliphatic hydroxyl groups excluding tert-OH is 1. The summed E-state index contributed by atoms with van der Waals surface area (Å²) in [6.07, 6.45) is 2.87. The predicted octanol–water partition coefficient (Wildman–Crippen LogP) is 5.98. The molecule has 5 rings (SSSR count). The molecule has 2 saturated carbocycles. The van der Waals surface area contributed by atoms with E-state index in [0.29, 0.717) is 12.3 Å². The molecule has 30 heavy (non-hydrogen) atoms. The summed E-state index contributed by atoms with van der Waals surface area (Å²) in [7, 11) is 0. The molecule has 0 spiro atoms. The number of alkyl halides is 1. The Morgan fingerprint density at radius 3 is 2.60 bits per heavy atom. The van der Waals surface area contributed by atoms with Crippen molar-refractivity contribution in [3.63, 3.8) is 0 Å². The van der Waals surface area contributed by atoms with Crippen molar-refractivity contribution in [2.45, 2.75) is 70.1 Å².